The monoisotopic (exact) mass is 511 g/mol. The molecule has 1 heterocycles. The largest absolute Gasteiger partial charge is 0.504 e. The van der Waals surface area contributed by atoms with Crippen molar-refractivity contribution in [1.29, 1.82) is 0 Å². The van der Waals surface area contributed by atoms with Crippen LogP contribution in [-0.4, -0.2) is 43.8 Å². The zero-order valence-corrected chi connectivity index (χ0v) is 21.4. The zero-order valence-electron chi connectivity index (χ0n) is 20.6. The number of benzene rings is 2. The number of methoxy groups -OCH3 is 1. The lowest BCUT2D eigenvalue weighted by atomic mass is 9.71. The van der Waals surface area contributed by atoms with Gasteiger partial charge >= 0.3 is 5.97 Å². The van der Waals surface area contributed by atoms with Crippen molar-refractivity contribution in [2.24, 2.45) is 0 Å². The Hall–Kier alpha value is -3.29. The Bertz CT molecular complexity index is 1220. The smallest absolute Gasteiger partial charge is 0.336 e. The number of phenolic OH excluding ortho intramolecular Hbond substituents is 1. The van der Waals surface area contributed by atoms with E-state index in [2.05, 4.69) is 5.32 Å². The third kappa shape index (κ3) is 5.27. The van der Waals surface area contributed by atoms with Gasteiger partial charge in [-0.2, -0.15) is 0 Å². The number of hydrogen-bond donors (Lipinski definition) is 2. The number of esters is 1. The number of allylic oxidation sites excluding steroid dienone is 3. The first kappa shape index (κ1) is 25.8. The van der Waals surface area contributed by atoms with E-state index in [0.29, 0.717) is 52.6 Å². The van der Waals surface area contributed by atoms with Gasteiger partial charge in [-0.15, -0.1) is 0 Å². The number of aromatic hydroxyl groups is 1. The summed E-state index contributed by atoms with van der Waals surface area (Å²) in [5.41, 5.74) is 4.01. The topological polar surface area (TPSA) is 94.1 Å². The van der Waals surface area contributed by atoms with Crippen LogP contribution in [0.1, 0.15) is 49.7 Å². The average Bonchev–Trinajstić information content (AvgIpc) is 2.85. The van der Waals surface area contributed by atoms with Gasteiger partial charge in [0.15, 0.2) is 17.3 Å². The van der Waals surface area contributed by atoms with Crippen LogP contribution in [0.15, 0.2) is 65.0 Å². The van der Waals surface area contributed by atoms with E-state index in [1.165, 1.54) is 13.2 Å². The highest BCUT2D eigenvalue weighted by Gasteiger charge is 2.41. The van der Waals surface area contributed by atoms with Crippen molar-refractivity contribution >= 4 is 23.4 Å². The highest BCUT2D eigenvalue weighted by molar-refractivity contribution is 6.30. The number of carbonyl (C=O) groups excluding carboxylic acids is 2. The lowest BCUT2D eigenvalue weighted by Crippen LogP contribution is -2.36. The predicted octanol–water partition coefficient (Wildman–Crippen LogP) is 5.00. The minimum atomic E-state index is -0.658. The summed E-state index contributed by atoms with van der Waals surface area (Å²) in [4.78, 5) is 26.9. The fourth-order valence-corrected chi connectivity index (χ4v) is 5.02. The number of ether oxygens (including phenoxy) is 3. The van der Waals surface area contributed by atoms with Crippen LogP contribution in [0.2, 0.25) is 5.02 Å². The summed E-state index contributed by atoms with van der Waals surface area (Å²) in [6.45, 7) is 4.35. The quantitative estimate of drug-likeness (QED) is 0.380. The Morgan fingerprint density at radius 2 is 1.83 bits per heavy atom. The second-order valence-electron chi connectivity index (χ2n) is 8.86. The fourth-order valence-electron chi connectivity index (χ4n) is 4.89. The van der Waals surface area contributed by atoms with Crippen molar-refractivity contribution in [3.8, 4) is 11.5 Å². The first-order valence-electron chi connectivity index (χ1n) is 11.9. The van der Waals surface area contributed by atoms with E-state index in [9.17, 15) is 14.7 Å². The molecule has 190 valence electrons. The summed E-state index contributed by atoms with van der Waals surface area (Å²) in [5.74, 6) is -0.950. The third-order valence-electron chi connectivity index (χ3n) is 6.53. The first-order valence-corrected chi connectivity index (χ1v) is 12.3. The van der Waals surface area contributed by atoms with Crippen LogP contribution in [0.5, 0.6) is 11.5 Å². The molecule has 0 radical (unpaired) electrons. The molecule has 0 aromatic heterocycles. The summed E-state index contributed by atoms with van der Waals surface area (Å²) in [6, 6.07) is 12.5. The van der Waals surface area contributed by atoms with Gasteiger partial charge in [0.25, 0.3) is 0 Å². The Balaban J connectivity index is 1.78. The van der Waals surface area contributed by atoms with Crippen LogP contribution < -0.4 is 10.1 Å². The maximum Gasteiger partial charge on any atom is 0.336 e. The van der Waals surface area contributed by atoms with Crippen molar-refractivity contribution in [1.82, 2.24) is 5.32 Å². The van der Waals surface area contributed by atoms with E-state index in [-0.39, 0.29) is 30.7 Å². The van der Waals surface area contributed by atoms with Gasteiger partial charge in [-0.1, -0.05) is 29.8 Å². The van der Waals surface area contributed by atoms with Gasteiger partial charge in [-0.25, -0.2) is 4.79 Å². The molecule has 4 rings (SSSR count). The molecule has 2 aromatic rings. The zero-order chi connectivity index (χ0) is 25.8. The lowest BCUT2D eigenvalue weighted by Gasteiger charge is -2.36. The molecule has 0 amide bonds. The first-order chi connectivity index (χ1) is 17.3. The molecule has 2 aliphatic rings. The van der Waals surface area contributed by atoms with E-state index < -0.39 is 11.9 Å². The van der Waals surface area contributed by atoms with Crippen LogP contribution in [0.3, 0.4) is 0 Å². The van der Waals surface area contributed by atoms with E-state index in [1.54, 1.807) is 12.1 Å². The van der Waals surface area contributed by atoms with E-state index in [0.717, 1.165) is 11.3 Å². The van der Waals surface area contributed by atoms with Gasteiger partial charge in [-0.05, 0) is 61.6 Å². The lowest BCUT2D eigenvalue weighted by molar-refractivity contribution is -0.140. The molecule has 2 aromatic carbocycles. The second kappa shape index (κ2) is 11.2. The molecule has 8 heteroatoms. The number of ketones is 1. The van der Waals surface area contributed by atoms with Gasteiger partial charge in [0.2, 0.25) is 0 Å². The van der Waals surface area contributed by atoms with Crippen LogP contribution in [0.25, 0.3) is 0 Å². The number of Topliss-reactive ketones (excluding diaryl/α,β-unsaturated/α-hetero) is 1. The number of carbonyl (C=O) groups is 2. The molecule has 1 aliphatic heterocycles. The van der Waals surface area contributed by atoms with Crippen molar-refractivity contribution in [2.45, 2.75) is 38.5 Å². The van der Waals surface area contributed by atoms with Crippen molar-refractivity contribution in [3.05, 3.63) is 81.2 Å². The van der Waals surface area contributed by atoms with E-state index in [4.69, 9.17) is 25.8 Å². The highest BCUT2D eigenvalue weighted by Crippen LogP contribution is 2.47. The Labute approximate surface area is 215 Å². The SMILES string of the molecule is CCOc1cc([C@@H]2C(C(=O)OCCOC)=C(C)NC3=C2C(=O)C[C@H](c2ccc(Cl)cc2)C3)ccc1O. The Morgan fingerprint density at radius 3 is 2.53 bits per heavy atom. The number of halogens is 1. The number of nitrogens with one attached hydrogen (secondary N) is 1. The van der Waals surface area contributed by atoms with Gasteiger partial charge in [0.1, 0.15) is 6.61 Å². The van der Waals surface area contributed by atoms with Crippen molar-refractivity contribution in [2.75, 3.05) is 26.9 Å². The van der Waals surface area contributed by atoms with Crippen LogP contribution in [0.4, 0.5) is 0 Å². The van der Waals surface area contributed by atoms with E-state index >= 15 is 0 Å². The molecular weight excluding hydrogens is 482 g/mol. The Kier molecular flexibility index (Phi) is 8.01. The van der Waals surface area contributed by atoms with E-state index in [1.807, 2.05) is 38.1 Å². The highest BCUT2D eigenvalue weighted by atomic mass is 35.5. The van der Waals surface area contributed by atoms with Crippen LogP contribution in [-0.2, 0) is 19.1 Å². The molecule has 7 nitrogen and oxygen atoms in total. The summed E-state index contributed by atoms with van der Waals surface area (Å²) >= 11 is 6.06. The van der Waals surface area contributed by atoms with Crippen LogP contribution in [0, 0.1) is 0 Å². The molecule has 0 fully saturated rings. The standard InChI is InChI=1S/C28H30ClNO6/c1-4-35-24-15-18(7-10-22(24)31)26-25(28(33)36-12-11-34-3)16(2)30-21-13-19(14-23(32)27(21)26)17-5-8-20(29)9-6-17/h5-10,15,19,26,30-31H,4,11-14H2,1-3H3/t19-,26-/m1/s1. The molecule has 2 N–H and O–H groups in total. The summed E-state index contributed by atoms with van der Waals surface area (Å²) in [7, 11) is 1.53. The minimum Gasteiger partial charge on any atom is -0.504 e. The molecule has 2 atom stereocenters. The molecule has 0 saturated heterocycles. The fraction of sp³-hybridized carbons (Fsp3) is 0.357. The molecule has 36 heavy (non-hydrogen) atoms. The maximum atomic E-state index is 13.7. The van der Waals surface area contributed by atoms with Gasteiger partial charge in [0, 0.05) is 41.4 Å². The number of phenols is 1. The number of rotatable bonds is 8. The minimum absolute atomic E-state index is 0.00793. The van der Waals surface area contributed by atoms with Crippen molar-refractivity contribution in [3.63, 3.8) is 0 Å². The normalized spacial score (nSPS) is 19.6. The van der Waals surface area contributed by atoms with Crippen molar-refractivity contribution < 1.29 is 28.9 Å². The summed E-state index contributed by atoms with van der Waals surface area (Å²) < 4.78 is 16.1. The van der Waals surface area contributed by atoms with Gasteiger partial charge in [0.05, 0.1) is 18.8 Å². The molecule has 0 spiro atoms. The Morgan fingerprint density at radius 1 is 1.11 bits per heavy atom. The molecule has 0 saturated carbocycles. The third-order valence-corrected chi connectivity index (χ3v) is 6.78. The molecular formula is C28H30ClNO6. The number of dihydropyridines is 1. The van der Waals surface area contributed by atoms with Crippen LogP contribution >= 0.6 is 11.6 Å². The average molecular weight is 512 g/mol. The second-order valence-corrected chi connectivity index (χ2v) is 9.29. The maximum absolute atomic E-state index is 13.7. The van der Waals surface area contributed by atoms with Gasteiger partial charge < -0.3 is 24.6 Å². The van der Waals surface area contributed by atoms with Gasteiger partial charge in [-0.3, -0.25) is 4.79 Å². The summed E-state index contributed by atoms with van der Waals surface area (Å²) in [6.07, 6.45) is 0.916. The predicted molar refractivity (Wildman–Crippen MR) is 136 cm³/mol. The number of hydrogen-bond acceptors (Lipinski definition) is 7. The molecule has 0 bridgehead atoms. The molecule has 1 aliphatic carbocycles. The summed E-state index contributed by atoms with van der Waals surface area (Å²) in [5, 5.41) is 14.2. The molecule has 0 unspecified atom stereocenters.